The van der Waals surface area contributed by atoms with Crippen LogP contribution in [0.15, 0.2) is 30.4 Å². The van der Waals surface area contributed by atoms with Crippen LogP contribution < -0.4 is 5.32 Å². The zero-order chi connectivity index (χ0) is 15.1. The van der Waals surface area contributed by atoms with Gasteiger partial charge in [0.2, 0.25) is 5.91 Å². The fourth-order valence-corrected chi connectivity index (χ4v) is 3.61. The standard InChI is InChI=1S/C15H13Cl2NO3/c16-10-4-3-9(6-11(10)17)18-14(19)12-7-1-2-8(5-7)13(12)15(20)21/h1-4,6-8,12-13H,5H2,(H,18,19)(H,20,21)/t7-,8-,12+,13-/m0/s1. The summed E-state index contributed by atoms with van der Waals surface area (Å²) in [4.78, 5) is 23.8. The van der Waals surface area contributed by atoms with Gasteiger partial charge < -0.3 is 10.4 Å². The molecule has 0 saturated heterocycles. The van der Waals surface area contributed by atoms with Gasteiger partial charge >= 0.3 is 5.97 Å². The Bertz CT molecular complexity index is 644. The van der Waals surface area contributed by atoms with Crippen LogP contribution in [0.3, 0.4) is 0 Å². The zero-order valence-corrected chi connectivity index (χ0v) is 12.4. The van der Waals surface area contributed by atoms with E-state index in [1.807, 2.05) is 12.2 Å². The number of carbonyl (C=O) groups excluding carboxylic acids is 1. The molecule has 2 bridgehead atoms. The van der Waals surface area contributed by atoms with Gasteiger partial charge in [0.05, 0.1) is 21.9 Å². The molecular weight excluding hydrogens is 313 g/mol. The number of nitrogens with one attached hydrogen (secondary N) is 1. The van der Waals surface area contributed by atoms with E-state index in [0.717, 1.165) is 6.42 Å². The first-order valence-corrected chi connectivity index (χ1v) is 7.40. The van der Waals surface area contributed by atoms with Crippen LogP contribution in [0.4, 0.5) is 5.69 Å². The maximum atomic E-state index is 12.4. The van der Waals surface area contributed by atoms with Crippen molar-refractivity contribution < 1.29 is 14.7 Å². The lowest BCUT2D eigenvalue weighted by Gasteiger charge is -2.23. The summed E-state index contributed by atoms with van der Waals surface area (Å²) >= 11 is 11.7. The second kappa shape index (κ2) is 5.35. The van der Waals surface area contributed by atoms with Crippen molar-refractivity contribution in [1.82, 2.24) is 0 Å². The van der Waals surface area contributed by atoms with Crippen molar-refractivity contribution in [3.63, 3.8) is 0 Å². The molecule has 0 aromatic heterocycles. The normalized spacial score (nSPS) is 29.6. The Morgan fingerprint density at radius 3 is 2.38 bits per heavy atom. The third kappa shape index (κ3) is 2.54. The first-order chi connectivity index (χ1) is 9.97. The van der Waals surface area contributed by atoms with Crippen molar-refractivity contribution in [3.05, 3.63) is 40.4 Å². The number of rotatable bonds is 3. The summed E-state index contributed by atoms with van der Waals surface area (Å²) in [6.07, 6.45) is 4.59. The quantitative estimate of drug-likeness (QED) is 0.836. The summed E-state index contributed by atoms with van der Waals surface area (Å²) in [6.45, 7) is 0. The molecule has 1 aromatic carbocycles. The molecule has 2 aliphatic rings. The molecule has 0 spiro atoms. The number of anilines is 1. The number of halogens is 2. The molecule has 1 aromatic rings. The minimum atomic E-state index is -0.916. The molecule has 0 aliphatic heterocycles. The van der Waals surface area contributed by atoms with Crippen LogP contribution >= 0.6 is 23.2 Å². The molecule has 1 fully saturated rings. The number of fused-ring (bicyclic) bond motifs is 2. The summed E-state index contributed by atoms with van der Waals surface area (Å²) in [6, 6.07) is 4.79. The van der Waals surface area contributed by atoms with Crippen molar-refractivity contribution in [2.45, 2.75) is 6.42 Å². The molecule has 2 N–H and O–H groups in total. The first-order valence-electron chi connectivity index (χ1n) is 6.64. The van der Waals surface area contributed by atoms with Gasteiger partial charge in [-0.25, -0.2) is 0 Å². The van der Waals surface area contributed by atoms with E-state index in [0.29, 0.717) is 15.7 Å². The maximum absolute atomic E-state index is 12.4. The van der Waals surface area contributed by atoms with E-state index in [1.54, 1.807) is 18.2 Å². The number of hydrogen-bond donors (Lipinski definition) is 2. The molecule has 0 unspecified atom stereocenters. The number of carbonyl (C=O) groups is 2. The fourth-order valence-electron chi connectivity index (χ4n) is 3.32. The largest absolute Gasteiger partial charge is 0.481 e. The van der Waals surface area contributed by atoms with Gasteiger partial charge in [-0.2, -0.15) is 0 Å². The molecule has 1 saturated carbocycles. The first kappa shape index (κ1) is 14.4. The molecule has 21 heavy (non-hydrogen) atoms. The Morgan fingerprint density at radius 2 is 1.76 bits per heavy atom. The Balaban J connectivity index is 1.80. The van der Waals surface area contributed by atoms with Gasteiger partial charge in [-0.15, -0.1) is 0 Å². The van der Waals surface area contributed by atoms with E-state index in [-0.39, 0.29) is 17.7 Å². The van der Waals surface area contributed by atoms with Crippen molar-refractivity contribution in [1.29, 1.82) is 0 Å². The fraction of sp³-hybridized carbons (Fsp3) is 0.333. The molecule has 2 aliphatic carbocycles. The van der Waals surface area contributed by atoms with Gasteiger partial charge in [-0.05, 0) is 36.5 Å². The van der Waals surface area contributed by atoms with Crippen molar-refractivity contribution in [3.8, 4) is 0 Å². The van der Waals surface area contributed by atoms with Gasteiger partial charge in [0, 0.05) is 5.69 Å². The Hall–Kier alpha value is -1.52. The molecule has 110 valence electrons. The van der Waals surface area contributed by atoms with Crippen LogP contribution in [0.1, 0.15) is 6.42 Å². The summed E-state index contributed by atoms with van der Waals surface area (Å²) in [5.41, 5.74) is 0.519. The third-order valence-corrected chi connectivity index (χ3v) is 4.97. The van der Waals surface area contributed by atoms with E-state index < -0.39 is 17.8 Å². The molecular formula is C15H13Cl2NO3. The van der Waals surface area contributed by atoms with Crippen LogP contribution in [0, 0.1) is 23.7 Å². The average Bonchev–Trinajstić information content (AvgIpc) is 3.03. The molecule has 0 heterocycles. The van der Waals surface area contributed by atoms with Gasteiger partial charge in [-0.3, -0.25) is 9.59 Å². The van der Waals surface area contributed by atoms with Gasteiger partial charge in [0.1, 0.15) is 0 Å². The Labute approximate surface area is 131 Å². The smallest absolute Gasteiger partial charge is 0.307 e. The molecule has 1 amide bonds. The highest BCUT2D eigenvalue weighted by molar-refractivity contribution is 6.42. The van der Waals surface area contributed by atoms with E-state index >= 15 is 0 Å². The predicted molar refractivity (Wildman–Crippen MR) is 80.4 cm³/mol. The van der Waals surface area contributed by atoms with E-state index in [1.165, 1.54) is 0 Å². The zero-order valence-electron chi connectivity index (χ0n) is 10.9. The molecule has 3 rings (SSSR count). The summed E-state index contributed by atoms with van der Waals surface area (Å²) in [5.74, 6) is -2.43. The molecule has 4 nitrogen and oxygen atoms in total. The van der Waals surface area contributed by atoms with Crippen LogP contribution in [0.25, 0.3) is 0 Å². The molecule has 4 atom stereocenters. The van der Waals surface area contributed by atoms with Crippen molar-refractivity contribution >= 4 is 40.8 Å². The summed E-state index contributed by atoms with van der Waals surface area (Å²) in [7, 11) is 0. The number of hydrogen-bond acceptors (Lipinski definition) is 2. The lowest BCUT2D eigenvalue weighted by molar-refractivity contribution is -0.146. The minimum Gasteiger partial charge on any atom is -0.481 e. The lowest BCUT2D eigenvalue weighted by atomic mass is 9.82. The third-order valence-electron chi connectivity index (χ3n) is 4.23. The molecule has 0 radical (unpaired) electrons. The van der Waals surface area contributed by atoms with E-state index in [9.17, 15) is 14.7 Å². The highest BCUT2D eigenvalue weighted by Gasteiger charge is 2.51. The van der Waals surface area contributed by atoms with E-state index in [2.05, 4.69) is 5.32 Å². The Morgan fingerprint density at radius 1 is 1.10 bits per heavy atom. The number of benzene rings is 1. The Kier molecular flexibility index (Phi) is 3.68. The highest BCUT2D eigenvalue weighted by atomic mass is 35.5. The number of amides is 1. The van der Waals surface area contributed by atoms with Gasteiger partial charge in [0.15, 0.2) is 0 Å². The second-order valence-corrected chi connectivity index (χ2v) is 6.27. The summed E-state index contributed by atoms with van der Waals surface area (Å²) < 4.78 is 0. The number of carboxylic acid groups (broad SMARTS) is 1. The number of carboxylic acids is 1. The monoisotopic (exact) mass is 325 g/mol. The average molecular weight is 326 g/mol. The predicted octanol–water partition coefficient (Wildman–Crippen LogP) is 3.45. The second-order valence-electron chi connectivity index (χ2n) is 5.46. The van der Waals surface area contributed by atoms with Crippen molar-refractivity contribution in [2.75, 3.05) is 5.32 Å². The van der Waals surface area contributed by atoms with Gasteiger partial charge in [0.25, 0.3) is 0 Å². The van der Waals surface area contributed by atoms with Gasteiger partial charge in [-0.1, -0.05) is 35.4 Å². The van der Waals surface area contributed by atoms with Crippen LogP contribution in [0.2, 0.25) is 10.0 Å². The van der Waals surface area contributed by atoms with Crippen LogP contribution in [-0.2, 0) is 9.59 Å². The highest BCUT2D eigenvalue weighted by Crippen LogP contribution is 2.48. The topological polar surface area (TPSA) is 66.4 Å². The van der Waals surface area contributed by atoms with Crippen LogP contribution in [-0.4, -0.2) is 17.0 Å². The SMILES string of the molecule is O=C(O)[C@@H]1[C@H](C(=O)Nc2ccc(Cl)c(Cl)c2)[C@H]2C=C[C@H]1C2. The van der Waals surface area contributed by atoms with Crippen LogP contribution in [0.5, 0.6) is 0 Å². The van der Waals surface area contributed by atoms with E-state index in [4.69, 9.17) is 23.2 Å². The number of allylic oxidation sites excluding steroid dienone is 2. The van der Waals surface area contributed by atoms with Crippen molar-refractivity contribution in [2.24, 2.45) is 23.7 Å². The maximum Gasteiger partial charge on any atom is 0.307 e. The lowest BCUT2D eigenvalue weighted by Crippen LogP contribution is -2.36. The minimum absolute atomic E-state index is 0.00104. The molecule has 6 heteroatoms. The number of aliphatic carboxylic acids is 1. The summed E-state index contributed by atoms with van der Waals surface area (Å²) in [5, 5.41) is 12.8.